The zero-order valence-electron chi connectivity index (χ0n) is 17.2. The third-order valence-corrected chi connectivity index (χ3v) is 4.09. The van der Waals surface area contributed by atoms with E-state index in [1.807, 2.05) is 10.6 Å². The first-order valence-corrected chi connectivity index (χ1v) is 9.18. The smallest absolute Gasteiger partial charge is 0.326 e. The molecule has 14 heteroatoms. The molecule has 0 radical (unpaired) electrons. The summed E-state index contributed by atoms with van der Waals surface area (Å²) in [6, 6.07) is -6.32. The Labute approximate surface area is 177 Å². The van der Waals surface area contributed by atoms with Crippen LogP contribution in [0.25, 0.3) is 0 Å². The topological polar surface area (TPSA) is 245 Å². The van der Waals surface area contributed by atoms with Crippen molar-refractivity contribution in [1.82, 2.24) is 16.0 Å². The minimum Gasteiger partial charge on any atom is -0.481 e. The first-order valence-electron chi connectivity index (χ1n) is 9.18. The Hall–Kier alpha value is -3.26. The fourth-order valence-electron chi connectivity index (χ4n) is 2.25. The molecule has 0 fully saturated rings. The van der Waals surface area contributed by atoms with Crippen molar-refractivity contribution in [3.8, 4) is 0 Å². The number of amides is 3. The normalized spacial score (nSPS) is 15.7. The Morgan fingerprint density at radius 1 is 0.742 bits per heavy atom. The number of carboxylic acid groups (broad SMARTS) is 3. The average Bonchev–Trinajstić information content (AvgIpc) is 2.62. The summed E-state index contributed by atoms with van der Waals surface area (Å²) in [7, 11) is 0. The number of aliphatic hydroxyl groups excluding tert-OH is 1. The first kappa shape index (κ1) is 27.7. The van der Waals surface area contributed by atoms with Gasteiger partial charge in [-0.2, -0.15) is 0 Å². The van der Waals surface area contributed by atoms with Crippen molar-refractivity contribution in [2.45, 2.75) is 63.9 Å². The molecular weight excluding hydrogens is 420 g/mol. The predicted molar refractivity (Wildman–Crippen MR) is 102 cm³/mol. The lowest BCUT2D eigenvalue weighted by Crippen LogP contribution is -2.60. The van der Waals surface area contributed by atoms with Gasteiger partial charge in [0.05, 0.1) is 25.0 Å². The molecule has 0 rings (SSSR count). The molecule has 0 aliphatic rings. The monoisotopic (exact) mass is 448 g/mol. The van der Waals surface area contributed by atoms with E-state index in [0.29, 0.717) is 0 Å². The lowest BCUT2D eigenvalue weighted by Gasteiger charge is -2.26. The van der Waals surface area contributed by atoms with Crippen molar-refractivity contribution in [3.63, 3.8) is 0 Å². The van der Waals surface area contributed by atoms with Crippen molar-refractivity contribution in [1.29, 1.82) is 0 Å². The number of aliphatic carboxylic acids is 3. The van der Waals surface area contributed by atoms with Gasteiger partial charge in [-0.1, -0.05) is 13.8 Å². The number of carbonyl (C=O) groups is 6. The van der Waals surface area contributed by atoms with Gasteiger partial charge in [-0.25, -0.2) is 4.79 Å². The van der Waals surface area contributed by atoms with Gasteiger partial charge in [-0.3, -0.25) is 24.0 Å². The number of carbonyl (C=O) groups excluding carboxylic acids is 3. The first-order chi connectivity index (χ1) is 14.2. The molecule has 0 saturated carbocycles. The van der Waals surface area contributed by atoms with Gasteiger partial charge in [0.2, 0.25) is 17.7 Å². The van der Waals surface area contributed by atoms with Crippen LogP contribution in [0.5, 0.6) is 0 Å². The Kier molecular flexibility index (Phi) is 11.1. The maximum Gasteiger partial charge on any atom is 0.326 e. The van der Waals surface area contributed by atoms with Gasteiger partial charge in [-0.05, 0) is 12.8 Å². The molecule has 0 aliphatic carbocycles. The molecular formula is C17H28N4O10. The summed E-state index contributed by atoms with van der Waals surface area (Å²) in [5.74, 6) is -8.25. The molecule has 0 aromatic heterocycles. The summed E-state index contributed by atoms with van der Waals surface area (Å²) < 4.78 is 0. The highest BCUT2D eigenvalue weighted by Crippen LogP contribution is 2.03. The molecule has 0 spiro atoms. The highest BCUT2D eigenvalue weighted by atomic mass is 16.4. The largest absolute Gasteiger partial charge is 0.481 e. The van der Waals surface area contributed by atoms with Gasteiger partial charge in [-0.15, -0.1) is 0 Å². The van der Waals surface area contributed by atoms with Crippen molar-refractivity contribution >= 4 is 35.6 Å². The Morgan fingerprint density at radius 3 is 1.58 bits per heavy atom. The highest BCUT2D eigenvalue weighted by molar-refractivity contribution is 5.96. The Balaban J connectivity index is 5.49. The van der Waals surface area contributed by atoms with Crippen LogP contribution in [0.3, 0.4) is 0 Å². The molecule has 3 amide bonds. The van der Waals surface area contributed by atoms with E-state index < -0.39 is 78.7 Å². The average molecular weight is 448 g/mol. The second-order valence-corrected chi connectivity index (χ2v) is 7.15. The molecule has 0 aromatic carbocycles. The van der Waals surface area contributed by atoms with E-state index in [4.69, 9.17) is 21.1 Å². The van der Waals surface area contributed by atoms with E-state index in [2.05, 4.69) is 5.32 Å². The molecule has 176 valence electrons. The molecule has 0 saturated heterocycles. The quantitative estimate of drug-likeness (QED) is 0.140. The number of aliphatic hydroxyl groups is 1. The van der Waals surface area contributed by atoms with E-state index in [9.17, 15) is 33.9 Å². The number of carboxylic acids is 3. The minimum atomic E-state index is -1.88. The summed E-state index contributed by atoms with van der Waals surface area (Å²) >= 11 is 0. The van der Waals surface area contributed by atoms with E-state index in [-0.39, 0.29) is 5.92 Å². The van der Waals surface area contributed by atoms with Crippen molar-refractivity contribution in [2.24, 2.45) is 11.7 Å². The number of nitrogens with two attached hydrogens (primary N) is 1. The maximum absolute atomic E-state index is 12.5. The van der Waals surface area contributed by atoms with Gasteiger partial charge >= 0.3 is 17.9 Å². The van der Waals surface area contributed by atoms with Gasteiger partial charge in [0, 0.05) is 0 Å². The SMILES string of the molecule is CC(C)C(N)C(=O)NC(C(=O)NC(CC(=O)O)C(=O)NC(CC(=O)O)C(=O)O)C(C)O. The summed E-state index contributed by atoms with van der Waals surface area (Å²) in [5, 5.41) is 42.6. The standard InChI is InChI=1S/C17H28N4O10/c1-6(2)12(18)15(28)21-13(7(3)22)16(29)19-8(4-10(23)24)14(27)20-9(17(30)31)5-11(25)26/h6-9,12-13,22H,4-5,18H2,1-3H3,(H,19,29)(H,20,27)(H,21,28)(H,23,24)(H,25,26)(H,30,31). The lowest BCUT2D eigenvalue weighted by atomic mass is 10.0. The zero-order valence-corrected chi connectivity index (χ0v) is 17.2. The summed E-state index contributed by atoms with van der Waals surface area (Å²) in [6.45, 7) is 4.45. The van der Waals surface area contributed by atoms with Crippen LogP contribution in [-0.2, 0) is 28.8 Å². The molecule has 0 bridgehead atoms. The van der Waals surface area contributed by atoms with Crippen LogP contribution in [0.1, 0.15) is 33.6 Å². The van der Waals surface area contributed by atoms with E-state index >= 15 is 0 Å². The molecule has 5 unspecified atom stereocenters. The second-order valence-electron chi connectivity index (χ2n) is 7.15. The minimum absolute atomic E-state index is 0.301. The van der Waals surface area contributed by atoms with Crippen LogP contribution in [-0.4, -0.2) is 86.3 Å². The summed E-state index contributed by atoms with van der Waals surface area (Å²) in [4.78, 5) is 69.8. The second kappa shape index (κ2) is 12.4. The molecule has 5 atom stereocenters. The number of nitrogens with one attached hydrogen (secondary N) is 3. The van der Waals surface area contributed by atoms with Crippen LogP contribution >= 0.6 is 0 Å². The van der Waals surface area contributed by atoms with Crippen molar-refractivity contribution < 1.29 is 49.2 Å². The van der Waals surface area contributed by atoms with Crippen LogP contribution in [0.15, 0.2) is 0 Å². The third kappa shape index (κ3) is 9.86. The van der Waals surface area contributed by atoms with Gasteiger partial charge < -0.3 is 42.1 Å². The van der Waals surface area contributed by atoms with Gasteiger partial charge in [0.25, 0.3) is 0 Å². The Morgan fingerprint density at radius 2 is 1.19 bits per heavy atom. The van der Waals surface area contributed by atoms with Crippen LogP contribution < -0.4 is 21.7 Å². The summed E-state index contributed by atoms with van der Waals surface area (Å²) in [6.07, 6.45) is -3.44. The number of hydrogen-bond acceptors (Lipinski definition) is 8. The van der Waals surface area contributed by atoms with E-state index in [1.54, 1.807) is 13.8 Å². The predicted octanol–water partition coefficient (Wildman–Crippen LogP) is -3.16. The van der Waals surface area contributed by atoms with Crippen molar-refractivity contribution in [3.05, 3.63) is 0 Å². The third-order valence-electron chi connectivity index (χ3n) is 4.09. The van der Waals surface area contributed by atoms with Crippen LogP contribution in [0.2, 0.25) is 0 Å². The van der Waals surface area contributed by atoms with Gasteiger partial charge in [0.1, 0.15) is 18.1 Å². The van der Waals surface area contributed by atoms with Crippen LogP contribution in [0.4, 0.5) is 0 Å². The fraction of sp³-hybridized carbons (Fsp3) is 0.647. The zero-order chi connectivity index (χ0) is 24.5. The lowest BCUT2D eigenvalue weighted by molar-refractivity contribution is -0.148. The summed E-state index contributed by atoms with van der Waals surface area (Å²) in [5.41, 5.74) is 5.68. The van der Waals surface area contributed by atoms with E-state index in [1.165, 1.54) is 0 Å². The maximum atomic E-state index is 12.5. The number of rotatable bonds is 13. The fourth-order valence-corrected chi connectivity index (χ4v) is 2.25. The van der Waals surface area contributed by atoms with Crippen LogP contribution in [0, 0.1) is 5.92 Å². The molecule has 14 nitrogen and oxygen atoms in total. The number of hydrogen-bond donors (Lipinski definition) is 8. The van der Waals surface area contributed by atoms with E-state index in [0.717, 1.165) is 6.92 Å². The molecule has 31 heavy (non-hydrogen) atoms. The van der Waals surface area contributed by atoms with Gasteiger partial charge in [0.15, 0.2) is 0 Å². The Bertz CT molecular complexity index is 709. The highest BCUT2D eigenvalue weighted by Gasteiger charge is 2.34. The molecule has 0 heterocycles. The molecule has 9 N–H and O–H groups in total. The van der Waals surface area contributed by atoms with Crippen molar-refractivity contribution in [2.75, 3.05) is 0 Å². The molecule has 0 aliphatic heterocycles. The molecule has 0 aromatic rings.